The minimum absolute atomic E-state index is 0.170. The number of hydrogen-bond acceptors (Lipinski definition) is 5. The highest BCUT2D eigenvalue weighted by atomic mass is 32.1. The molecule has 8 heteroatoms. The lowest BCUT2D eigenvalue weighted by atomic mass is 10.1. The van der Waals surface area contributed by atoms with Gasteiger partial charge in [0.15, 0.2) is 0 Å². The number of amides is 2. The maximum absolute atomic E-state index is 13.6. The summed E-state index contributed by atoms with van der Waals surface area (Å²) in [4.78, 5) is 41.5. The Morgan fingerprint density at radius 2 is 1.76 bits per heavy atom. The van der Waals surface area contributed by atoms with E-state index in [-0.39, 0.29) is 17.4 Å². The van der Waals surface area contributed by atoms with Gasteiger partial charge in [0.25, 0.3) is 11.8 Å². The van der Waals surface area contributed by atoms with E-state index in [0.717, 1.165) is 21.7 Å². The topological polar surface area (TPSA) is 75.7 Å². The van der Waals surface area contributed by atoms with Gasteiger partial charge < -0.3 is 15.0 Å². The lowest BCUT2D eigenvalue weighted by molar-refractivity contribution is 0.0531. The lowest BCUT2D eigenvalue weighted by Crippen LogP contribution is -2.32. The first-order chi connectivity index (χ1) is 17.9. The molecule has 1 aliphatic heterocycles. The van der Waals surface area contributed by atoms with Crippen LogP contribution in [0.3, 0.4) is 0 Å². The summed E-state index contributed by atoms with van der Waals surface area (Å²) in [6, 6.07) is 21.6. The third-order valence-electron chi connectivity index (χ3n) is 6.05. The zero-order valence-electron chi connectivity index (χ0n) is 20.0. The monoisotopic (exact) mass is 514 g/mol. The highest BCUT2D eigenvalue weighted by Gasteiger charge is 2.27. The number of hydrogen-bond donors (Lipinski definition) is 1. The Kier molecular flexibility index (Phi) is 6.83. The van der Waals surface area contributed by atoms with Gasteiger partial charge in [0.2, 0.25) is 0 Å². The summed E-state index contributed by atoms with van der Waals surface area (Å²) >= 11 is 1.38. The predicted molar refractivity (Wildman–Crippen MR) is 142 cm³/mol. The van der Waals surface area contributed by atoms with Gasteiger partial charge in [0.1, 0.15) is 10.7 Å². The van der Waals surface area contributed by atoms with E-state index in [2.05, 4.69) is 5.32 Å². The number of ether oxygens (including phenoxy) is 1. The molecule has 37 heavy (non-hydrogen) atoms. The van der Waals surface area contributed by atoms with E-state index in [1.165, 1.54) is 35.6 Å². The van der Waals surface area contributed by atoms with Crippen molar-refractivity contribution in [2.75, 3.05) is 23.4 Å². The summed E-state index contributed by atoms with van der Waals surface area (Å²) in [7, 11) is 0. The third kappa shape index (κ3) is 5.01. The van der Waals surface area contributed by atoms with Gasteiger partial charge in [-0.15, -0.1) is 11.3 Å². The van der Waals surface area contributed by atoms with Gasteiger partial charge in [-0.2, -0.15) is 0 Å². The summed E-state index contributed by atoms with van der Waals surface area (Å²) in [6.07, 6.45) is 0.591. The first-order valence-electron chi connectivity index (χ1n) is 11.8. The van der Waals surface area contributed by atoms with Gasteiger partial charge in [0, 0.05) is 33.8 Å². The molecule has 5 rings (SSSR count). The summed E-state index contributed by atoms with van der Waals surface area (Å²) < 4.78 is 18.6. The molecule has 0 saturated heterocycles. The Bertz CT molecular complexity index is 1500. The van der Waals surface area contributed by atoms with Crippen molar-refractivity contribution >= 4 is 40.5 Å². The average Bonchev–Trinajstić information content (AvgIpc) is 3.27. The van der Waals surface area contributed by atoms with Crippen LogP contribution in [0.2, 0.25) is 0 Å². The van der Waals surface area contributed by atoms with Crippen molar-refractivity contribution in [1.29, 1.82) is 0 Å². The number of esters is 1. The number of benzene rings is 3. The highest BCUT2D eigenvalue weighted by Crippen LogP contribution is 2.42. The van der Waals surface area contributed by atoms with Gasteiger partial charge in [-0.1, -0.05) is 24.3 Å². The van der Waals surface area contributed by atoms with Crippen molar-refractivity contribution in [1.82, 2.24) is 0 Å². The lowest BCUT2D eigenvalue weighted by Gasteiger charge is -2.23. The van der Waals surface area contributed by atoms with Crippen LogP contribution < -0.4 is 10.2 Å². The fourth-order valence-corrected chi connectivity index (χ4v) is 5.43. The molecule has 1 aromatic heterocycles. The smallest absolute Gasteiger partial charge is 0.348 e. The molecule has 4 aromatic rings. The van der Waals surface area contributed by atoms with E-state index in [1.54, 1.807) is 36.1 Å². The number of nitrogens with zero attached hydrogens (tertiary/aromatic N) is 1. The minimum Gasteiger partial charge on any atom is -0.462 e. The highest BCUT2D eigenvalue weighted by molar-refractivity contribution is 7.17. The molecule has 0 atom stereocenters. The fraction of sp³-hybridized carbons (Fsp3) is 0.138. The van der Waals surface area contributed by atoms with E-state index in [0.29, 0.717) is 35.7 Å². The molecule has 1 aliphatic rings. The molecule has 1 N–H and O–H groups in total. The molecule has 0 aliphatic carbocycles. The summed E-state index contributed by atoms with van der Waals surface area (Å²) in [6.45, 7) is 2.54. The van der Waals surface area contributed by atoms with Crippen LogP contribution in [0.4, 0.5) is 15.8 Å². The van der Waals surface area contributed by atoms with Crippen molar-refractivity contribution in [3.8, 4) is 10.4 Å². The Morgan fingerprint density at radius 1 is 0.973 bits per heavy atom. The summed E-state index contributed by atoms with van der Waals surface area (Å²) in [5.74, 6) is -1.43. The fourth-order valence-electron chi connectivity index (χ4n) is 4.29. The number of rotatable bonds is 5. The quantitative estimate of drug-likeness (QED) is 0.323. The summed E-state index contributed by atoms with van der Waals surface area (Å²) in [5, 5.41) is 2.72. The molecule has 0 saturated carbocycles. The van der Waals surface area contributed by atoms with Crippen LogP contribution in [0.15, 0.2) is 78.9 Å². The van der Waals surface area contributed by atoms with Crippen LogP contribution in [-0.4, -0.2) is 30.9 Å². The van der Waals surface area contributed by atoms with E-state index in [9.17, 15) is 18.8 Å². The number of nitrogens with one attached hydrogen (secondary N) is 1. The maximum atomic E-state index is 13.6. The Morgan fingerprint density at radius 3 is 2.51 bits per heavy atom. The number of anilines is 2. The van der Waals surface area contributed by atoms with Crippen molar-refractivity contribution in [2.45, 2.75) is 13.3 Å². The number of thiophene rings is 1. The molecule has 2 heterocycles. The molecule has 0 bridgehead atoms. The third-order valence-corrected chi connectivity index (χ3v) is 7.24. The zero-order valence-corrected chi connectivity index (χ0v) is 20.8. The first-order valence-corrected chi connectivity index (χ1v) is 12.6. The van der Waals surface area contributed by atoms with Crippen LogP contribution in [-0.2, 0) is 11.2 Å². The van der Waals surface area contributed by atoms with Gasteiger partial charge in [-0.05, 0) is 73.5 Å². The zero-order chi connectivity index (χ0) is 25.9. The van der Waals surface area contributed by atoms with E-state index in [4.69, 9.17) is 4.74 Å². The summed E-state index contributed by atoms with van der Waals surface area (Å²) in [5.41, 5.74) is 3.84. The van der Waals surface area contributed by atoms with E-state index < -0.39 is 11.7 Å². The molecular weight excluding hydrogens is 491 g/mol. The molecule has 0 unspecified atom stereocenters. The average molecular weight is 515 g/mol. The van der Waals surface area contributed by atoms with E-state index >= 15 is 0 Å². The second kappa shape index (κ2) is 10.4. The number of halogens is 1. The van der Waals surface area contributed by atoms with Crippen molar-refractivity contribution < 1.29 is 23.5 Å². The van der Waals surface area contributed by atoms with Crippen LogP contribution in [0, 0.1) is 5.82 Å². The Balaban J connectivity index is 1.37. The predicted octanol–water partition coefficient (Wildman–Crippen LogP) is 6.19. The maximum Gasteiger partial charge on any atom is 0.348 e. The molecule has 0 spiro atoms. The molecule has 186 valence electrons. The number of carbonyl (C=O) groups excluding carboxylic acids is 3. The second-order valence-corrected chi connectivity index (χ2v) is 9.50. The van der Waals surface area contributed by atoms with Gasteiger partial charge in [-0.3, -0.25) is 9.59 Å². The number of carbonyl (C=O) groups is 3. The number of para-hydroxylation sites is 1. The van der Waals surface area contributed by atoms with Crippen molar-refractivity contribution in [3.63, 3.8) is 0 Å². The first kappa shape index (κ1) is 24.4. The van der Waals surface area contributed by atoms with Gasteiger partial charge >= 0.3 is 5.97 Å². The van der Waals surface area contributed by atoms with Crippen LogP contribution in [0.1, 0.15) is 42.9 Å². The molecule has 3 aromatic carbocycles. The van der Waals surface area contributed by atoms with Gasteiger partial charge in [-0.25, -0.2) is 9.18 Å². The molecular formula is C29H23FN2O4S. The second-order valence-electron chi connectivity index (χ2n) is 8.45. The number of fused-ring (bicyclic) bond motifs is 3. The van der Waals surface area contributed by atoms with E-state index in [1.807, 2.05) is 30.3 Å². The van der Waals surface area contributed by atoms with Crippen LogP contribution >= 0.6 is 11.3 Å². The van der Waals surface area contributed by atoms with Crippen LogP contribution in [0.25, 0.3) is 10.4 Å². The Labute approximate surface area is 217 Å². The SMILES string of the molecule is CCOC(=O)c1cc2c(s1)-c1ccccc1N(C(=O)c1ccc(NC(=O)c3cccc(F)c3)cc1)CC2. The molecule has 0 fully saturated rings. The van der Waals surface area contributed by atoms with Gasteiger partial charge in [0.05, 0.1) is 12.3 Å². The normalized spacial score (nSPS) is 12.2. The van der Waals surface area contributed by atoms with Crippen LogP contribution in [0.5, 0.6) is 0 Å². The standard InChI is InChI=1S/C29H23FN2O4S/c1-2-36-29(35)25-17-19-14-15-32(24-9-4-3-8-23(24)26(19)37-25)28(34)18-10-12-22(13-11-18)31-27(33)20-6-5-7-21(30)16-20/h3-13,16-17H,2,14-15H2,1H3,(H,31,33). The Hall–Kier alpha value is -4.30. The molecule has 2 amide bonds. The van der Waals surface area contributed by atoms with Crippen molar-refractivity contribution in [2.24, 2.45) is 0 Å². The minimum atomic E-state index is -0.488. The molecule has 6 nitrogen and oxygen atoms in total. The molecule has 0 radical (unpaired) electrons. The largest absolute Gasteiger partial charge is 0.462 e. The van der Waals surface area contributed by atoms with Crippen molar-refractivity contribution in [3.05, 3.63) is 106 Å².